The van der Waals surface area contributed by atoms with Gasteiger partial charge in [-0.05, 0) is 24.3 Å². The highest BCUT2D eigenvalue weighted by atomic mass is 16.4. The van der Waals surface area contributed by atoms with Gasteiger partial charge in [0.2, 0.25) is 0 Å². The molecule has 0 atom stereocenters. The molecule has 0 aliphatic rings. The van der Waals surface area contributed by atoms with Crippen molar-refractivity contribution in [1.29, 1.82) is 0 Å². The number of hydrogen-bond donors (Lipinski definition) is 1. The fraction of sp³-hybridized carbons (Fsp3) is 0.0714. The number of hydrogen-bond acceptors (Lipinski definition) is 3. The maximum atomic E-state index is 10.9. The van der Waals surface area contributed by atoms with E-state index in [1.165, 1.54) is 0 Å². The van der Waals surface area contributed by atoms with Crippen LogP contribution in [0.4, 0.5) is 0 Å². The van der Waals surface area contributed by atoms with E-state index in [2.05, 4.69) is 9.97 Å². The Balaban J connectivity index is 2.23. The summed E-state index contributed by atoms with van der Waals surface area (Å²) in [6, 6.07) is 9.36. The maximum absolute atomic E-state index is 10.9. The molecule has 1 N–H and O–H groups in total. The third kappa shape index (κ3) is 2.06. The van der Waals surface area contributed by atoms with Gasteiger partial charge in [-0.3, -0.25) is 14.2 Å². The van der Waals surface area contributed by atoms with Crippen LogP contribution in [0.5, 0.6) is 0 Å². The summed E-state index contributed by atoms with van der Waals surface area (Å²) >= 11 is 0. The van der Waals surface area contributed by atoms with Crippen LogP contribution in [0.2, 0.25) is 0 Å². The molecule has 5 nitrogen and oxygen atoms in total. The van der Waals surface area contributed by atoms with Crippen molar-refractivity contribution in [2.45, 2.75) is 6.42 Å². The van der Waals surface area contributed by atoms with Gasteiger partial charge in [0, 0.05) is 24.2 Å². The van der Waals surface area contributed by atoms with Crippen molar-refractivity contribution >= 4 is 11.5 Å². The third-order valence-corrected chi connectivity index (χ3v) is 2.86. The second kappa shape index (κ2) is 4.53. The number of imidazole rings is 1. The molecule has 0 spiro atoms. The van der Waals surface area contributed by atoms with Crippen molar-refractivity contribution in [3.63, 3.8) is 0 Å². The Hall–Kier alpha value is -2.69. The Bertz CT molecular complexity index is 735. The lowest BCUT2D eigenvalue weighted by Crippen LogP contribution is -2.00. The van der Waals surface area contributed by atoms with E-state index in [-0.39, 0.29) is 6.42 Å². The van der Waals surface area contributed by atoms with E-state index in [0.717, 1.165) is 11.1 Å². The van der Waals surface area contributed by atoms with Gasteiger partial charge in [0.25, 0.3) is 0 Å². The maximum Gasteiger partial charge on any atom is 0.309 e. The van der Waals surface area contributed by atoms with E-state index in [0.29, 0.717) is 11.5 Å². The van der Waals surface area contributed by atoms with Gasteiger partial charge in [-0.1, -0.05) is 6.07 Å². The van der Waals surface area contributed by atoms with Gasteiger partial charge in [0.05, 0.1) is 17.6 Å². The first-order valence-electron chi connectivity index (χ1n) is 5.84. The molecule has 3 aromatic rings. The van der Waals surface area contributed by atoms with Crippen LogP contribution >= 0.6 is 0 Å². The topological polar surface area (TPSA) is 67.5 Å². The summed E-state index contributed by atoms with van der Waals surface area (Å²) in [4.78, 5) is 19.4. The van der Waals surface area contributed by atoms with Gasteiger partial charge < -0.3 is 5.11 Å². The zero-order valence-corrected chi connectivity index (χ0v) is 10.0. The quantitative estimate of drug-likeness (QED) is 0.775. The molecule has 0 aliphatic heterocycles. The van der Waals surface area contributed by atoms with Crippen LogP contribution in [-0.4, -0.2) is 25.4 Å². The number of aromatic nitrogens is 3. The third-order valence-electron chi connectivity index (χ3n) is 2.86. The fourth-order valence-electron chi connectivity index (χ4n) is 2.07. The summed E-state index contributed by atoms with van der Waals surface area (Å²) < 4.78 is 1.88. The molecule has 0 radical (unpaired) electrons. The number of carboxylic acids is 1. The second-order valence-electron chi connectivity index (χ2n) is 4.15. The normalized spacial score (nSPS) is 10.7. The van der Waals surface area contributed by atoms with Crippen molar-refractivity contribution in [3.05, 3.63) is 54.6 Å². The van der Waals surface area contributed by atoms with Crippen LogP contribution in [0, 0.1) is 0 Å². The summed E-state index contributed by atoms with van der Waals surface area (Å²) in [5.41, 5.74) is 2.23. The van der Waals surface area contributed by atoms with Crippen molar-refractivity contribution < 1.29 is 9.90 Å². The van der Waals surface area contributed by atoms with E-state index in [1.54, 1.807) is 12.4 Å². The van der Waals surface area contributed by atoms with Gasteiger partial charge in [0.1, 0.15) is 5.82 Å². The molecule has 0 aromatic carbocycles. The molecule has 0 unspecified atom stereocenters. The highest BCUT2D eigenvalue weighted by Crippen LogP contribution is 2.22. The summed E-state index contributed by atoms with van der Waals surface area (Å²) in [5, 5.41) is 8.94. The van der Waals surface area contributed by atoms with E-state index < -0.39 is 5.97 Å². The molecule has 0 saturated carbocycles. The van der Waals surface area contributed by atoms with Crippen molar-refractivity contribution in [2.75, 3.05) is 0 Å². The van der Waals surface area contributed by atoms with Crippen molar-refractivity contribution in [1.82, 2.24) is 14.4 Å². The number of fused-ring (bicyclic) bond motifs is 1. The molecule has 0 fully saturated rings. The molecule has 94 valence electrons. The molecule has 3 aromatic heterocycles. The summed E-state index contributed by atoms with van der Waals surface area (Å²) in [7, 11) is 0. The molecule has 0 bridgehead atoms. The summed E-state index contributed by atoms with van der Waals surface area (Å²) in [6.45, 7) is 0. The molecular weight excluding hydrogens is 242 g/mol. The van der Waals surface area contributed by atoms with Crippen molar-refractivity contribution in [3.8, 4) is 11.4 Å². The molecular formula is C14H11N3O2. The van der Waals surface area contributed by atoms with Crippen LogP contribution in [0.1, 0.15) is 5.69 Å². The molecule has 5 heteroatoms. The van der Waals surface area contributed by atoms with Gasteiger partial charge in [-0.15, -0.1) is 0 Å². The van der Waals surface area contributed by atoms with Gasteiger partial charge in [-0.2, -0.15) is 0 Å². The lowest BCUT2D eigenvalue weighted by molar-refractivity contribution is -0.136. The Morgan fingerprint density at radius 3 is 2.89 bits per heavy atom. The average molecular weight is 253 g/mol. The fourth-order valence-corrected chi connectivity index (χ4v) is 2.07. The number of nitrogens with zero attached hydrogens (tertiary/aromatic N) is 3. The largest absolute Gasteiger partial charge is 0.481 e. The Labute approximate surface area is 109 Å². The van der Waals surface area contributed by atoms with Crippen LogP contribution in [0.3, 0.4) is 0 Å². The lowest BCUT2D eigenvalue weighted by atomic mass is 10.2. The van der Waals surface area contributed by atoms with Gasteiger partial charge in [0.15, 0.2) is 0 Å². The number of pyridine rings is 2. The van der Waals surface area contributed by atoms with Crippen LogP contribution < -0.4 is 0 Å². The number of carbonyl (C=O) groups is 1. The van der Waals surface area contributed by atoms with Crippen LogP contribution in [0.25, 0.3) is 16.9 Å². The predicted octanol–water partition coefficient (Wildman–Crippen LogP) is 2.02. The molecule has 0 saturated heterocycles. The molecule has 0 amide bonds. The number of carboxylic acid groups (broad SMARTS) is 1. The second-order valence-corrected chi connectivity index (χ2v) is 4.15. The zero-order valence-electron chi connectivity index (χ0n) is 10.0. The molecule has 3 heterocycles. The smallest absolute Gasteiger partial charge is 0.309 e. The summed E-state index contributed by atoms with van der Waals surface area (Å²) in [5.74, 6) is -0.179. The first-order valence-corrected chi connectivity index (χ1v) is 5.84. The monoisotopic (exact) mass is 253 g/mol. The Morgan fingerprint density at radius 2 is 2.16 bits per heavy atom. The lowest BCUT2D eigenvalue weighted by Gasteiger charge is -1.99. The Morgan fingerprint density at radius 1 is 1.26 bits per heavy atom. The molecule has 3 rings (SSSR count). The van der Waals surface area contributed by atoms with E-state index in [1.807, 2.05) is 40.9 Å². The van der Waals surface area contributed by atoms with Gasteiger partial charge in [-0.25, -0.2) is 4.98 Å². The highest BCUT2D eigenvalue weighted by molar-refractivity contribution is 5.75. The van der Waals surface area contributed by atoms with E-state index in [4.69, 9.17) is 5.11 Å². The minimum absolute atomic E-state index is 0.0895. The Kier molecular flexibility index (Phi) is 2.72. The van der Waals surface area contributed by atoms with Crippen LogP contribution in [-0.2, 0) is 11.2 Å². The summed E-state index contributed by atoms with van der Waals surface area (Å²) in [6.07, 6.45) is 5.19. The number of rotatable bonds is 3. The SMILES string of the molecule is O=C(O)Cc1nc(-c2cccnc2)n2ccccc12. The highest BCUT2D eigenvalue weighted by Gasteiger charge is 2.14. The number of aliphatic carboxylic acids is 1. The average Bonchev–Trinajstić information content (AvgIpc) is 2.78. The van der Waals surface area contributed by atoms with E-state index in [9.17, 15) is 4.79 Å². The molecule has 0 aliphatic carbocycles. The predicted molar refractivity (Wildman–Crippen MR) is 69.8 cm³/mol. The molecule has 19 heavy (non-hydrogen) atoms. The minimum Gasteiger partial charge on any atom is -0.481 e. The minimum atomic E-state index is -0.887. The van der Waals surface area contributed by atoms with Crippen LogP contribution in [0.15, 0.2) is 48.9 Å². The first kappa shape index (κ1) is 11.4. The van der Waals surface area contributed by atoms with Gasteiger partial charge >= 0.3 is 5.97 Å². The zero-order chi connectivity index (χ0) is 13.2. The first-order chi connectivity index (χ1) is 9.25. The van der Waals surface area contributed by atoms with E-state index >= 15 is 0 Å². The van der Waals surface area contributed by atoms with Crippen molar-refractivity contribution in [2.24, 2.45) is 0 Å². The standard InChI is InChI=1S/C14H11N3O2/c18-13(19)8-11-12-5-1-2-7-17(12)14(16-11)10-4-3-6-15-9-10/h1-7,9H,8H2,(H,18,19).